The van der Waals surface area contributed by atoms with Crippen LogP contribution in [0.15, 0.2) is 34.7 Å². The van der Waals surface area contributed by atoms with Gasteiger partial charge in [-0.25, -0.2) is 0 Å². The number of nitrogens with one attached hydrogen (secondary N) is 1. The van der Waals surface area contributed by atoms with Gasteiger partial charge in [0.05, 0.1) is 18.7 Å². The minimum absolute atomic E-state index is 0.139. The molecule has 0 unspecified atom stereocenters. The minimum atomic E-state index is -0.336. The molecule has 0 saturated carbocycles. The highest BCUT2D eigenvalue weighted by Crippen LogP contribution is 2.02. The van der Waals surface area contributed by atoms with E-state index in [1.807, 2.05) is 0 Å². The maximum Gasteiger partial charge on any atom is 0.253 e. The fourth-order valence-corrected chi connectivity index (χ4v) is 1.34. The molecular weight excluding hydrogens is 240 g/mol. The third-order valence-corrected chi connectivity index (χ3v) is 2.06. The number of carbonyl (C=O) groups excluding carboxylic acids is 1. The van der Waals surface area contributed by atoms with E-state index in [0.717, 1.165) is 0 Å². The molecule has 0 bridgehead atoms. The van der Waals surface area contributed by atoms with E-state index in [2.05, 4.69) is 17.8 Å². The second-order valence-corrected chi connectivity index (χ2v) is 3.82. The van der Waals surface area contributed by atoms with E-state index in [1.54, 1.807) is 0 Å². The van der Waals surface area contributed by atoms with Crippen molar-refractivity contribution in [2.45, 2.75) is 6.54 Å². The average molecular weight is 251 g/mol. The highest BCUT2D eigenvalue weighted by molar-refractivity contribution is 6.29. The summed E-state index contributed by atoms with van der Waals surface area (Å²) in [6.45, 7) is 3.80. The summed E-state index contributed by atoms with van der Waals surface area (Å²) >= 11 is 5.62. The molecule has 4 nitrogen and oxygen atoms in total. The molecule has 1 amide bonds. The summed E-state index contributed by atoms with van der Waals surface area (Å²) in [6.07, 6.45) is 6.44. The molecule has 0 aliphatic heterocycles. The molecule has 0 aliphatic rings. The third kappa shape index (κ3) is 3.82. The molecule has 1 aromatic rings. The van der Waals surface area contributed by atoms with Crippen molar-refractivity contribution in [3.8, 4) is 12.3 Å². The van der Waals surface area contributed by atoms with E-state index in [0.29, 0.717) is 10.6 Å². The Morgan fingerprint density at radius 2 is 2.29 bits per heavy atom. The zero-order valence-corrected chi connectivity index (χ0v) is 9.83. The van der Waals surface area contributed by atoms with E-state index in [1.165, 1.54) is 22.9 Å². The van der Waals surface area contributed by atoms with Crippen molar-refractivity contribution in [2.24, 2.45) is 0 Å². The Balaban J connectivity index is 2.96. The lowest BCUT2D eigenvalue weighted by Gasteiger charge is -2.06. The van der Waals surface area contributed by atoms with Crippen LogP contribution in [-0.4, -0.2) is 17.0 Å². The number of terminal acetylenes is 1. The quantitative estimate of drug-likeness (QED) is 0.810. The van der Waals surface area contributed by atoms with Crippen LogP contribution in [0.3, 0.4) is 0 Å². The Labute approximate surface area is 104 Å². The molecule has 1 rings (SSSR count). The fourth-order valence-electron chi connectivity index (χ4n) is 1.21. The van der Waals surface area contributed by atoms with Crippen LogP contribution in [0.25, 0.3) is 0 Å². The van der Waals surface area contributed by atoms with E-state index in [4.69, 9.17) is 18.0 Å². The Hall–Kier alpha value is -1.99. The molecule has 1 aromatic heterocycles. The summed E-state index contributed by atoms with van der Waals surface area (Å²) < 4.78 is 1.31. The summed E-state index contributed by atoms with van der Waals surface area (Å²) in [7, 11) is 0. The number of nitrogens with zero attached hydrogens (tertiary/aromatic N) is 1. The van der Waals surface area contributed by atoms with Gasteiger partial charge in [0.25, 0.3) is 11.5 Å². The van der Waals surface area contributed by atoms with Gasteiger partial charge in [0.1, 0.15) is 0 Å². The first-order valence-electron chi connectivity index (χ1n) is 4.80. The molecule has 88 valence electrons. The average Bonchev–Trinajstić information content (AvgIpc) is 2.28. The van der Waals surface area contributed by atoms with Crippen LogP contribution < -0.4 is 10.9 Å². The highest BCUT2D eigenvalue weighted by atomic mass is 35.5. The number of allylic oxidation sites excluding steroid dienone is 1. The Kier molecular flexibility index (Phi) is 4.56. The van der Waals surface area contributed by atoms with Gasteiger partial charge in [-0.1, -0.05) is 24.1 Å². The van der Waals surface area contributed by atoms with E-state index < -0.39 is 0 Å². The second-order valence-electron chi connectivity index (χ2n) is 3.29. The third-order valence-electron chi connectivity index (χ3n) is 1.94. The van der Waals surface area contributed by atoms with Crippen molar-refractivity contribution in [3.63, 3.8) is 0 Å². The predicted molar refractivity (Wildman–Crippen MR) is 66.9 cm³/mol. The summed E-state index contributed by atoms with van der Waals surface area (Å²) in [5.41, 5.74) is 0.0954. The lowest BCUT2D eigenvalue weighted by Crippen LogP contribution is -2.26. The monoisotopic (exact) mass is 250 g/mol. The molecule has 1 heterocycles. The molecule has 0 radical (unpaired) electrons. The van der Waals surface area contributed by atoms with Gasteiger partial charge in [-0.3, -0.25) is 9.59 Å². The first-order chi connectivity index (χ1) is 8.04. The van der Waals surface area contributed by atoms with Gasteiger partial charge in [0.2, 0.25) is 0 Å². The maximum atomic E-state index is 11.6. The molecule has 0 aliphatic carbocycles. The van der Waals surface area contributed by atoms with Gasteiger partial charge in [0.15, 0.2) is 0 Å². The van der Waals surface area contributed by atoms with Crippen LogP contribution in [0.4, 0.5) is 0 Å². The molecule has 1 N–H and O–H groups in total. The molecule has 0 atom stereocenters. The standard InChI is InChI=1S/C12H11ClN2O2/c1-3-6-14-12(17)10-4-5-11(16)15(8-10)7-9(2)13/h1,4-5,8H,2,6-7H2,(H,14,17). The number of amides is 1. The van der Waals surface area contributed by atoms with Gasteiger partial charge in [-0.05, 0) is 6.07 Å². The molecular formula is C12H11ClN2O2. The van der Waals surface area contributed by atoms with Crippen LogP contribution in [0, 0.1) is 12.3 Å². The zero-order chi connectivity index (χ0) is 12.8. The number of hydrogen-bond donors (Lipinski definition) is 1. The normalized spacial score (nSPS) is 9.41. The summed E-state index contributed by atoms with van der Waals surface area (Å²) in [5, 5.41) is 2.82. The molecule has 0 fully saturated rings. The lowest BCUT2D eigenvalue weighted by atomic mass is 10.2. The molecule has 0 aromatic carbocycles. The Morgan fingerprint density at radius 3 is 2.88 bits per heavy atom. The summed E-state index contributed by atoms with van der Waals surface area (Å²) in [5.74, 6) is 1.95. The number of hydrogen-bond acceptors (Lipinski definition) is 2. The van der Waals surface area contributed by atoms with Crippen molar-refractivity contribution >= 4 is 17.5 Å². The first-order valence-corrected chi connectivity index (χ1v) is 5.18. The summed E-state index contributed by atoms with van der Waals surface area (Å²) in [6, 6.07) is 2.73. The van der Waals surface area contributed by atoms with Crippen molar-refractivity contribution < 1.29 is 4.79 Å². The summed E-state index contributed by atoms with van der Waals surface area (Å²) in [4.78, 5) is 23.0. The topological polar surface area (TPSA) is 51.1 Å². The number of rotatable bonds is 4. The number of halogens is 1. The van der Waals surface area contributed by atoms with Crippen LogP contribution in [0.2, 0.25) is 0 Å². The Bertz CT molecular complexity index is 540. The first kappa shape index (κ1) is 13.1. The van der Waals surface area contributed by atoms with Crippen LogP contribution >= 0.6 is 11.6 Å². The van der Waals surface area contributed by atoms with E-state index in [-0.39, 0.29) is 24.6 Å². The van der Waals surface area contributed by atoms with Crippen LogP contribution in [0.1, 0.15) is 10.4 Å². The van der Waals surface area contributed by atoms with Gasteiger partial charge in [-0.15, -0.1) is 6.42 Å². The van der Waals surface area contributed by atoms with Gasteiger partial charge in [-0.2, -0.15) is 0 Å². The SMILES string of the molecule is C#CCNC(=O)c1ccc(=O)n(CC(=C)Cl)c1. The van der Waals surface area contributed by atoms with Crippen molar-refractivity contribution in [1.82, 2.24) is 9.88 Å². The molecule has 5 heteroatoms. The smallest absolute Gasteiger partial charge is 0.253 e. The second kappa shape index (κ2) is 5.92. The minimum Gasteiger partial charge on any atom is -0.341 e. The van der Waals surface area contributed by atoms with Crippen molar-refractivity contribution in [3.05, 3.63) is 45.9 Å². The predicted octanol–water partition coefficient (Wildman–Crippen LogP) is 0.964. The van der Waals surface area contributed by atoms with Gasteiger partial charge in [0, 0.05) is 17.3 Å². The fraction of sp³-hybridized carbons (Fsp3) is 0.167. The molecule has 0 saturated heterocycles. The Morgan fingerprint density at radius 1 is 1.59 bits per heavy atom. The number of aromatic nitrogens is 1. The number of carbonyl (C=O) groups is 1. The maximum absolute atomic E-state index is 11.6. The lowest BCUT2D eigenvalue weighted by molar-refractivity contribution is 0.0958. The van der Waals surface area contributed by atoms with Crippen LogP contribution in [0.5, 0.6) is 0 Å². The molecule has 17 heavy (non-hydrogen) atoms. The van der Waals surface area contributed by atoms with E-state index in [9.17, 15) is 9.59 Å². The van der Waals surface area contributed by atoms with Crippen molar-refractivity contribution in [2.75, 3.05) is 6.54 Å². The molecule has 0 spiro atoms. The van der Waals surface area contributed by atoms with Crippen LogP contribution in [-0.2, 0) is 6.54 Å². The largest absolute Gasteiger partial charge is 0.341 e. The van der Waals surface area contributed by atoms with Gasteiger partial charge < -0.3 is 9.88 Å². The van der Waals surface area contributed by atoms with Gasteiger partial charge >= 0.3 is 0 Å². The number of pyridine rings is 1. The van der Waals surface area contributed by atoms with Crippen molar-refractivity contribution in [1.29, 1.82) is 0 Å². The van der Waals surface area contributed by atoms with E-state index >= 15 is 0 Å². The highest BCUT2D eigenvalue weighted by Gasteiger charge is 2.06. The zero-order valence-electron chi connectivity index (χ0n) is 9.07.